The monoisotopic (exact) mass is 271 g/mol. The number of aromatic nitrogens is 3. The smallest absolute Gasteiger partial charge is 0.247 e. The molecule has 0 saturated heterocycles. The van der Waals surface area contributed by atoms with Gasteiger partial charge in [0.15, 0.2) is 5.82 Å². The van der Waals surface area contributed by atoms with Crippen molar-refractivity contribution in [3.05, 3.63) is 36.5 Å². The van der Waals surface area contributed by atoms with Crippen molar-refractivity contribution >= 4 is 17.5 Å². The van der Waals surface area contributed by atoms with E-state index in [4.69, 9.17) is 0 Å². The average molecular weight is 271 g/mol. The van der Waals surface area contributed by atoms with E-state index in [1.165, 1.54) is 0 Å². The fourth-order valence-corrected chi connectivity index (χ4v) is 2.07. The molecule has 0 spiro atoms. The molecule has 2 aromatic rings. The van der Waals surface area contributed by atoms with E-state index in [1.807, 2.05) is 30.3 Å². The van der Waals surface area contributed by atoms with Crippen LogP contribution in [0.5, 0.6) is 0 Å². The Hall–Kier alpha value is -2.17. The summed E-state index contributed by atoms with van der Waals surface area (Å²) in [5.41, 5.74) is 0.947. The highest BCUT2D eigenvalue weighted by Gasteiger charge is 2.06. The van der Waals surface area contributed by atoms with E-state index in [-0.39, 0.29) is 0 Å². The lowest BCUT2D eigenvalue weighted by Crippen LogP contribution is -2.18. The van der Waals surface area contributed by atoms with Crippen LogP contribution in [-0.4, -0.2) is 21.2 Å². The second kappa shape index (κ2) is 6.84. The van der Waals surface area contributed by atoms with Gasteiger partial charge in [0.25, 0.3) is 0 Å². The third-order valence-electron chi connectivity index (χ3n) is 2.81. The molecule has 20 heavy (non-hydrogen) atoms. The van der Waals surface area contributed by atoms with Gasteiger partial charge in [0.05, 0.1) is 6.20 Å². The Balaban J connectivity index is 1.93. The van der Waals surface area contributed by atoms with E-state index in [9.17, 15) is 0 Å². The molecule has 1 aromatic carbocycles. The van der Waals surface area contributed by atoms with Crippen molar-refractivity contribution in [2.75, 3.05) is 10.6 Å². The first-order valence-corrected chi connectivity index (χ1v) is 6.92. The highest BCUT2D eigenvalue weighted by Crippen LogP contribution is 2.13. The lowest BCUT2D eigenvalue weighted by Gasteiger charge is -2.15. The summed E-state index contributed by atoms with van der Waals surface area (Å²) < 4.78 is 0. The van der Waals surface area contributed by atoms with Crippen molar-refractivity contribution < 1.29 is 0 Å². The fourth-order valence-electron chi connectivity index (χ4n) is 2.07. The van der Waals surface area contributed by atoms with Crippen molar-refractivity contribution in [3.8, 4) is 0 Å². The number of anilines is 3. The van der Waals surface area contributed by atoms with Crippen LogP contribution in [-0.2, 0) is 0 Å². The van der Waals surface area contributed by atoms with Crippen molar-refractivity contribution in [1.29, 1.82) is 0 Å². The minimum Gasteiger partial charge on any atom is -0.365 e. The van der Waals surface area contributed by atoms with Gasteiger partial charge in [-0.15, -0.1) is 10.2 Å². The molecule has 0 aliphatic rings. The van der Waals surface area contributed by atoms with E-state index in [0.717, 1.165) is 12.1 Å². The van der Waals surface area contributed by atoms with Crippen LogP contribution >= 0.6 is 0 Å². The lowest BCUT2D eigenvalue weighted by atomic mass is 10.1. The Morgan fingerprint density at radius 2 is 1.80 bits per heavy atom. The molecular formula is C15H21N5. The maximum absolute atomic E-state index is 4.26. The van der Waals surface area contributed by atoms with Crippen LogP contribution in [0.15, 0.2) is 36.5 Å². The average Bonchev–Trinajstić information content (AvgIpc) is 2.41. The first kappa shape index (κ1) is 14.2. The highest BCUT2D eigenvalue weighted by molar-refractivity contribution is 5.52. The number of rotatable bonds is 6. The van der Waals surface area contributed by atoms with Gasteiger partial charge in [-0.2, -0.15) is 0 Å². The van der Waals surface area contributed by atoms with E-state index in [2.05, 4.69) is 46.6 Å². The molecule has 0 bridgehead atoms. The molecule has 0 fully saturated rings. The van der Waals surface area contributed by atoms with E-state index < -0.39 is 0 Å². The molecule has 106 valence electrons. The topological polar surface area (TPSA) is 62.7 Å². The molecule has 1 aromatic heterocycles. The molecule has 0 amide bonds. The molecule has 1 unspecified atom stereocenters. The van der Waals surface area contributed by atoms with Crippen LogP contribution in [0.1, 0.15) is 27.2 Å². The summed E-state index contributed by atoms with van der Waals surface area (Å²) in [6, 6.07) is 10.2. The number of nitrogens with one attached hydrogen (secondary N) is 2. The third kappa shape index (κ3) is 4.50. The second-order valence-electron chi connectivity index (χ2n) is 5.33. The molecule has 1 atom stereocenters. The molecule has 2 rings (SSSR count). The second-order valence-corrected chi connectivity index (χ2v) is 5.33. The van der Waals surface area contributed by atoms with Crippen LogP contribution in [0.4, 0.5) is 17.5 Å². The first-order valence-electron chi connectivity index (χ1n) is 6.92. The quantitative estimate of drug-likeness (QED) is 0.842. The van der Waals surface area contributed by atoms with Crippen molar-refractivity contribution in [2.45, 2.75) is 33.2 Å². The normalized spacial score (nSPS) is 12.2. The van der Waals surface area contributed by atoms with Crippen LogP contribution in [0.3, 0.4) is 0 Å². The minimum atomic E-state index is 0.360. The zero-order valence-corrected chi connectivity index (χ0v) is 12.2. The molecule has 5 nitrogen and oxygen atoms in total. The van der Waals surface area contributed by atoms with Crippen LogP contribution in [0.25, 0.3) is 0 Å². The molecule has 5 heteroatoms. The minimum absolute atomic E-state index is 0.360. The molecule has 0 aliphatic heterocycles. The number of hydrogen-bond acceptors (Lipinski definition) is 5. The first-order chi connectivity index (χ1) is 9.63. The largest absolute Gasteiger partial charge is 0.365 e. The van der Waals surface area contributed by atoms with Gasteiger partial charge in [0, 0.05) is 11.7 Å². The summed E-state index contributed by atoms with van der Waals surface area (Å²) in [5, 5.41) is 14.6. The predicted molar refractivity (Wildman–Crippen MR) is 82.1 cm³/mol. The van der Waals surface area contributed by atoms with Gasteiger partial charge in [-0.25, -0.2) is 4.98 Å². The van der Waals surface area contributed by atoms with Gasteiger partial charge in [0.2, 0.25) is 5.95 Å². The summed E-state index contributed by atoms with van der Waals surface area (Å²) in [6.45, 7) is 6.54. The van der Waals surface area contributed by atoms with Gasteiger partial charge in [0.1, 0.15) is 0 Å². The van der Waals surface area contributed by atoms with Gasteiger partial charge in [-0.05, 0) is 31.4 Å². The summed E-state index contributed by atoms with van der Waals surface area (Å²) in [5.74, 6) is 1.85. The summed E-state index contributed by atoms with van der Waals surface area (Å²) in [7, 11) is 0. The summed E-state index contributed by atoms with van der Waals surface area (Å²) in [4.78, 5) is 4.26. The van der Waals surface area contributed by atoms with Gasteiger partial charge >= 0.3 is 0 Å². The highest BCUT2D eigenvalue weighted by atomic mass is 15.3. The molecule has 0 aliphatic carbocycles. The Labute approximate surface area is 119 Å². The Bertz CT molecular complexity index is 510. The van der Waals surface area contributed by atoms with Crippen molar-refractivity contribution in [3.63, 3.8) is 0 Å². The zero-order chi connectivity index (χ0) is 14.4. The van der Waals surface area contributed by atoms with Crippen LogP contribution in [0.2, 0.25) is 0 Å². The van der Waals surface area contributed by atoms with Crippen molar-refractivity contribution in [1.82, 2.24) is 15.2 Å². The van der Waals surface area contributed by atoms with E-state index in [0.29, 0.717) is 23.7 Å². The SMILES string of the molecule is CC(C)CC(C)Nc1cnc(Nc2ccccc2)nn1. The van der Waals surface area contributed by atoms with Gasteiger partial charge in [-0.1, -0.05) is 32.0 Å². The fraction of sp³-hybridized carbons (Fsp3) is 0.400. The summed E-state index contributed by atoms with van der Waals surface area (Å²) in [6.07, 6.45) is 2.79. The number of hydrogen-bond donors (Lipinski definition) is 2. The molecule has 0 radical (unpaired) electrons. The van der Waals surface area contributed by atoms with E-state index >= 15 is 0 Å². The molecule has 0 saturated carbocycles. The molecular weight excluding hydrogens is 250 g/mol. The van der Waals surface area contributed by atoms with Crippen LogP contribution < -0.4 is 10.6 Å². The maximum Gasteiger partial charge on any atom is 0.247 e. The third-order valence-corrected chi connectivity index (χ3v) is 2.81. The number of para-hydroxylation sites is 1. The number of benzene rings is 1. The Morgan fingerprint density at radius 1 is 1.05 bits per heavy atom. The standard InChI is InChI=1S/C15H21N5/c1-11(2)9-12(3)17-14-10-16-15(20-19-14)18-13-7-5-4-6-8-13/h4-8,10-12H,9H2,1-3H3,(H,17,19)(H,16,18,20). The molecule has 1 heterocycles. The summed E-state index contributed by atoms with van der Waals surface area (Å²) >= 11 is 0. The van der Waals surface area contributed by atoms with Crippen LogP contribution in [0, 0.1) is 5.92 Å². The van der Waals surface area contributed by atoms with E-state index in [1.54, 1.807) is 6.20 Å². The number of nitrogens with zero attached hydrogens (tertiary/aromatic N) is 3. The molecule has 2 N–H and O–H groups in total. The van der Waals surface area contributed by atoms with Gasteiger partial charge < -0.3 is 10.6 Å². The lowest BCUT2D eigenvalue weighted by molar-refractivity contribution is 0.538. The van der Waals surface area contributed by atoms with Gasteiger partial charge in [-0.3, -0.25) is 0 Å². The van der Waals surface area contributed by atoms with Crippen molar-refractivity contribution in [2.24, 2.45) is 5.92 Å². The Morgan fingerprint density at radius 3 is 2.40 bits per heavy atom. The maximum atomic E-state index is 4.26. The zero-order valence-electron chi connectivity index (χ0n) is 12.2. The predicted octanol–water partition coefficient (Wildman–Crippen LogP) is 3.46. The Kier molecular flexibility index (Phi) is 4.87.